The predicted molar refractivity (Wildman–Crippen MR) is 92.1 cm³/mol. The largest absolute Gasteiger partial charge is 0.394 e. The molecule has 1 aliphatic heterocycles. The monoisotopic (exact) mass is 349 g/mol. The molecule has 0 saturated carbocycles. The van der Waals surface area contributed by atoms with E-state index in [1.807, 2.05) is 30.3 Å². The first-order valence-corrected chi connectivity index (χ1v) is 9.24. The number of benzene rings is 1. The fourth-order valence-corrected chi connectivity index (χ4v) is 4.14. The van der Waals surface area contributed by atoms with Crippen LogP contribution in [0.15, 0.2) is 35.5 Å². The van der Waals surface area contributed by atoms with Gasteiger partial charge in [0.05, 0.1) is 18.4 Å². The fraction of sp³-hybridized carbons (Fsp3) is 0.562. The molecule has 8 heteroatoms. The SMILES string of the molecule is OCC(O)[C@H]1CNCC[C@H]1CCSc1nnnn1-c1ccccc1. The van der Waals surface area contributed by atoms with Crippen LogP contribution in [0.2, 0.25) is 0 Å². The Morgan fingerprint density at radius 3 is 2.96 bits per heavy atom. The number of hydrogen-bond donors (Lipinski definition) is 3. The minimum Gasteiger partial charge on any atom is -0.394 e. The maximum absolute atomic E-state index is 10.00. The van der Waals surface area contributed by atoms with Crippen LogP contribution in [0.1, 0.15) is 12.8 Å². The van der Waals surface area contributed by atoms with Gasteiger partial charge in [-0.15, -0.1) is 5.10 Å². The van der Waals surface area contributed by atoms with Gasteiger partial charge in [0.25, 0.3) is 0 Å². The molecule has 0 bridgehead atoms. The predicted octanol–water partition coefficient (Wildman–Crippen LogP) is 0.723. The quantitative estimate of drug-likeness (QED) is 0.634. The van der Waals surface area contributed by atoms with Crippen LogP contribution in [0.3, 0.4) is 0 Å². The van der Waals surface area contributed by atoms with Crippen LogP contribution in [0.4, 0.5) is 0 Å². The number of aromatic nitrogens is 4. The zero-order valence-corrected chi connectivity index (χ0v) is 14.3. The van der Waals surface area contributed by atoms with Gasteiger partial charge in [0, 0.05) is 18.2 Å². The maximum atomic E-state index is 10.00. The van der Waals surface area contributed by atoms with E-state index in [0.717, 1.165) is 42.5 Å². The van der Waals surface area contributed by atoms with Crippen LogP contribution in [0.25, 0.3) is 5.69 Å². The molecule has 0 amide bonds. The molecule has 2 aromatic rings. The lowest BCUT2D eigenvalue weighted by atomic mass is 9.81. The van der Waals surface area contributed by atoms with E-state index in [0.29, 0.717) is 5.92 Å². The minimum atomic E-state index is -0.651. The standard InChI is InChI=1S/C16H23N5O2S/c22-11-15(23)14-10-17-8-6-12(14)7-9-24-16-18-19-20-21(16)13-4-2-1-3-5-13/h1-5,12,14-15,17,22-23H,6-11H2/t12-,14-,15?/m0/s1. The summed E-state index contributed by atoms with van der Waals surface area (Å²) in [6, 6.07) is 9.83. The molecule has 7 nitrogen and oxygen atoms in total. The Labute approximate surface area is 145 Å². The smallest absolute Gasteiger partial charge is 0.214 e. The van der Waals surface area contributed by atoms with Gasteiger partial charge in [-0.3, -0.25) is 0 Å². The van der Waals surface area contributed by atoms with Crippen LogP contribution in [-0.4, -0.2) is 62.0 Å². The Balaban J connectivity index is 1.58. The second-order valence-corrected chi connectivity index (χ2v) is 7.07. The Morgan fingerprint density at radius 1 is 1.33 bits per heavy atom. The first-order chi connectivity index (χ1) is 11.8. The van der Waals surface area contributed by atoms with E-state index < -0.39 is 6.10 Å². The van der Waals surface area contributed by atoms with Gasteiger partial charge in [-0.2, -0.15) is 4.68 Å². The lowest BCUT2D eigenvalue weighted by Crippen LogP contribution is -2.44. The van der Waals surface area contributed by atoms with Crippen molar-refractivity contribution in [3.63, 3.8) is 0 Å². The molecule has 0 radical (unpaired) electrons. The molecule has 1 unspecified atom stereocenters. The lowest BCUT2D eigenvalue weighted by Gasteiger charge is -2.34. The summed E-state index contributed by atoms with van der Waals surface area (Å²) in [7, 11) is 0. The first-order valence-electron chi connectivity index (χ1n) is 8.26. The van der Waals surface area contributed by atoms with Gasteiger partial charge in [0.1, 0.15) is 0 Å². The Kier molecular flexibility index (Phi) is 6.19. The number of aliphatic hydroxyl groups is 2. The zero-order chi connectivity index (χ0) is 16.8. The third-order valence-corrected chi connectivity index (χ3v) is 5.47. The van der Waals surface area contributed by atoms with Crippen molar-refractivity contribution < 1.29 is 10.2 Å². The highest BCUT2D eigenvalue weighted by Crippen LogP contribution is 2.29. The Morgan fingerprint density at radius 2 is 2.17 bits per heavy atom. The zero-order valence-electron chi connectivity index (χ0n) is 13.5. The van der Waals surface area contributed by atoms with Crippen molar-refractivity contribution >= 4 is 11.8 Å². The molecule has 130 valence electrons. The highest BCUT2D eigenvalue weighted by Gasteiger charge is 2.30. The summed E-state index contributed by atoms with van der Waals surface area (Å²) in [6.07, 6.45) is 1.34. The highest BCUT2D eigenvalue weighted by molar-refractivity contribution is 7.99. The summed E-state index contributed by atoms with van der Waals surface area (Å²) in [5.41, 5.74) is 0.945. The third kappa shape index (κ3) is 4.13. The summed E-state index contributed by atoms with van der Waals surface area (Å²) in [4.78, 5) is 0. The van der Waals surface area contributed by atoms with Crippen LogP contribution < -0.4 is 5.32 Å². The van der Waals surface area contributed by atoms with Crippen LogP contribution >= 0.6 is 11.8 Å². The van der Waals surface area contributed by atoms with Crippen molar-refractivity contribution in [2.75, 3.05) is 25.4 Å². The Hall–Kier alpha value is -1.48. The fourth-order valence-electron chi connectivity index (χ4n) is 3.18. The van der Waals surface area contributed by atoms with Gasteiger partial charge in [0.15, 0.2) is 0 Å². The van der Waals surface area contributed by atoms with Crippen molar-refractivity contribution in [3.8, 4) is 5.69 Å². The number of piperidine rings is 1. The normalized spacial score (nSPS) is 22.4. The molecule has 1 aromatic carbocycles. The molecule has 3 N–H and O–H groups in total. The second-order valence-electron chi connectivity index (χ2n) is 6.01. The molecule has 0 spiro atoms. The van der Waals surface area contributed by atoms with Crippen LogP contribution in [-0.2, 0) is 0 Å². The first kappa shape index (κ1) is 17.3. The topological polar surface area (TPSA) is 96.1 Å². The van der Waals surface area contributed by atoms with Gasteiger partial charge in [0.2, 0.25) is 5.16 Å². The number of nitrogens with one attached hydrogen (secondary N) is 1. The second kappa shape index (κ2) is 8.57. The van der Waals surface area contributed by atoms with Gasteiger partial charge in [-0.05, 0) is 47.9 Å². The number of para-hydroxylation sites is 1. The van der Waals surface area contributed by atoms with E-state index in [4.69, 9.17) is 0 Å². The maximum Gasteiger partial charge on any atom is 0.214 e. The van der Waals surface area contributed by atoms with Gasteiger partial charge in [-0.25, -0.2) is 0 Å². The molecule has 1 saturated heterocycles. The number of nitrogens with zero attached hydrogens (tertiary/aromatic N) is 4. The van der Waals surface area contributed by atoms with E-state index in [-0.39, 0.29) is 12.5 Å². The van der Waals surface area contributed by atoms with Crippen molar-refractivity contribution in [3.05, 3.63) is 30.3 Å². The molecule has 24 heavy (non-hydrogen) atoms. The average Bonchev–Trinajstić information content (AvgIpc) is 3.11. The minimum absolute atomic E-state index is 0.106. The molecule has 0 aliphatic carbocycles. The van der Waals surface area contributed by atoms with E-state index in [1.54, 1.807) is 16.4 Å². The molecule has 1 aromatic heterocycles. The van der Waals surface area contributed by atoms with Crippen molar-refractivity contribution in [1.82, 2.24) is 25.5 Å². The summed E-state index contributed by atoms with van der Waals surface area (Å²) < 4.78 is 1.74. The van der Waals surface area contributed by atoms with Crippen LogP contribution in [0.5, 0.6) is 0 Å². The summed E-state index contributed by atoms with van der Waals surface area (Å²) in [6.45, 7) is 1.55. The van der Waals surface area contributed by atoms with E-state index in [2.05, 4.69) is 20.8 Å². The van der Waals surface area contributed by atoms with E-state index in [9.17, 15) is 10.2 Å². The van der Waals surface area contributed by atoms with Crippen molar-refractivity contribution in [1.29, 1.82) is 0 Å². The molecule has 1 fully saturated rings. The van der Waals surface area contributed by atoms with Crippen LogP contribution in [0, 0.1) is 11.8 Å². The van der Waals surface area contributed by atoms with Gasteiger partial charge < -0.3 is 15.5 Å². The highest BCUT2D eigenvalue weighted by atomic mass is 32.2. The van der Waals surface area contributed by atoms with Gasteiger partial charge >= 0.3 is 0 Å². The Bertz CT molecular complexity index is 624. The molecule has 3 rings (SSSR count). The summed E-state index contributed by atoms with van der Waals surface area (Å²) >= 11 is 1.63. The third-order valence-electron chi connectivity index (χ3n) is 4.52. The molecule has 3 atom stereocenters. The lowest BCUT2D eigenvalue weighted by molar-refractivity contribution is 0.0121. The van der Waals surface area contributed by atoms with Gasteiger partial charge in [-0.1, -0.05) is 30.0 Å². The summed E-state index contributed by atoms with van der Waals surface area (Å²) in [5.74, 6) is 1.39. The van der Waals surface area contributed by atoms with E-state index >= 15 is 0 Å². The number of thioether (sulfide) groups is 1. The number of aliphatic hydroxyl groups excluding tert-OH is 2. The summed E-state index contributed by atoms with van der Waals surface area (Å²) in [5, 5.41) is 35.2. The average molecular weight is 349 g/mol. The molecular weight excluding hydrogens is 326 g/mol. The molecular formula is C16H23N5O2S. The number of tetrazole rings is 1. The number of rotatable bonds is 7. The van der Waals surface area contributed by atoms with Crippen molar-refractivity contribution in [2.45, 2.75) is 24.1 Å². The van der Waals surface area contributed by atoms with Crippen molar-refractivity contribution in [2.24, 2.45) is 11.8 Å². The van der Waals surface area contributed by atoms with E-state index in [1.165, 1.54) is 0 Å². The molecule has 2 heterocycles. The number of hydrogen-bond acceptors (Lipinski definition) is 7. The molecule has 1 aliphatic rings.